The van der Waals surface area contributed by atoms with E-state index in [1.807, 2.05) is 30.3 Å². The van der Waals surface area contributed by atoms with E-state index in [1.165, 1.54) is 12.1 Å². The number of aliphatic hydroxyl groups is 1. The van der Waals surface area contributed by atoms with Crippen LogP contribution >= 0.6 is 0 Å². The van der Waals surface area contributed by atoms with E-state index in [9.17, 15) is 13.2 Å². The van der Waals surface area contributed by atoms with E-state index in [0.29, 0.717) is 37.6 Å². The van der Waals surface area contributed by atoms with Gasteiger partial charge >= 0.3 is 6.18 Å². The maximum atomic E-state index is 13.4. The Kier molecular flexibility index (Phi) is 7.35. The summed E-state index contributed by atoms with van der Waals surface area (Å²) in [5.41, 5.74) is 1.72. The monoisotopic (exact) mass is 450 g/mol. The molecule has 4 rings (SSSR count). The molecule has 0 aliphatic carbocycles. The van der Waals surface area contributed by atoms with Gasteiger partial charge in [0.15, 0.2) is 0 Å². The van der Waals surface area contributed by atoms with Crippen LogP contribution in [0.2, 0.25) is 0 Å². The third kappa shape index (κ3) is 5.26. The minimum absolute atomic E-state index is 0.00918. The smallest absolute Gasteiger partial charge is 0.394 e. The number of benzene rings is 2. The number of rotatable bonds is 8. The third-order valence-corrected chi connectivity index (χ3v) is 6.16. The molecular weight excluding hydrogens is 421 g/mol. The number of aliphatic hydroxyl groups excluding tert-OH is 1. The fourth-order valence-corrected chi connectivity index (χ4v) is 4.65. The standard InChI is InChI=1S/C24H29F3N2O3/c25-24(26,27)17-6-9-21-20(14-17)23-19(22(29-21)16-4-2-1-3-5-16)8-7-18(32-23)15-28-10-12-31-13-11-30/h1-6,9,14,18-19,22-23,28-30H,7-8,10-13,15H2/t18-,19+,22+,23+/m1/s1. The van der Waals surface area contributed by atoms with Gasteiger partial charge in [-0.3, -0.25) is 0 Å². The van der Waals surface area contributed by atoms with Gasteiger partial charge in [-0.1, -0.05) is 30.3 Å². The summed E-state index contributed by atoms with van der Waals surface area (Å²) in [5.74, 6) is 0.0394. The largest absolute Gasteiger partial charge is 0.416 e. The molecule has 3 N–H and O–H groups in total. The zero-order valence-electron chi connectivity index (χ0n) is 17.8. The number of fused-ring (bicyclic) bond motifs is 3. The Bertz CT molecular complexity index is 879. The summed E-state index contributed by atoms with van der Waals surface area (Å²) < 4.78 is 51.8. The topological polar surface area (TPSA) is 62.8 Å². The lowest BCUT2D eigenvalue weighted by Crippen LogP contribution is -2.42. The van der Waals surface area contributed by atoms with Crippen molar-refractivity contribution >= 4 is 5.69 Å². The normalized spacial score (nSPS) is 25.0. The quantitative estimate of drug-likeness (QED) is 0.524. The maximum Gasteiger partial charge on any atom is 0.416 e. The van der Waals surface area contributed by atoms with Gasteiger partial charge in [0.2, 0.25) is 0 Å². The van der Waals surface area contributed by atoms with Crippen LogP contribution in [-0.2, 0) is 15.7 Å². The van der Waals surface area contributed by atoms with Crippen LogP contribution in [0.3, 0.4) is 0 Å². The van der Waals surface area contributed by atoms with E-state index >= 15 is 0 Å². The average molecular weight is 451 g/mol. The summed E-state index contributed by atoms with van der Waals surface area (Å²) in [4.78, 5) is 0. The van der Waals surface area contributed by atoms with E-state index in [0.717, 1.165) is 24.5 Å². The Morgan fingerprint density at radius 1 is 1.09 bits per heavy atom. The molecule has 5 nitrogen and oxygen atoms in total. The van der Waals surface area contributed by atoms with Gasteiger partial charge in [-0.15, -0.1) is 0 Å². The molecule has 0 aromatic heterocycles. The second kappa shape index (κ2) is 10.2. The second-order valence-corrected chi connectivity index (χ2v) is 8.29. The highest BCUT2D eigenvalue weighted by Gasteiger charge is 2.43. The van der Waals surface area contributed by atoms with Gasteiger partial charge < -0.3 is 25.2 Å². The van der Waals surface area contributed by atoms with Crippen molar-refractivity contribution < 1.29 is 27.8 Å². The van der Waals surface area contributed by atoms with Crippen molar-refractivity contribution in [3.05, 3.63) is 65.2 Å². The minimum atomic E-state index is -4.40. The van der Waals surface area contributed by atoms with Crippen molar-refractivity contribution in [1.29, 1.82) is 0 Å². The highest BCUT2D eigenvalue weighted by Crippen LogP contribution is 2.51. The Balaban J connectivity index is 1.53. The van der Waals surface area contributed by atoms with E-state index in [2.05, 4.69) is 10.6 Å². The predicted octanol–water partition coefficient (Wildman–Crippen LogP) is 4.31. The summed E-state index contributed by atoms with van der Waals surface area (Å²) >= 11 is 0. The van der Waals surface area contributed by atoms with Crippen LogP contribution < -0.4 is 10.6 Å². The lowest BCUT2D eigenvalue weighted by Gasteiger charge is -2.46. The molecule has 1 saturated heterocycles. The van der Waals surface area contributed by atoms with Gasteiger partial charge in [0.1, 0.15) is 0 Å². The minimum Gasteiger partial charge on any atom is -0.394 e. The first kappa shape index (κ1) is 23.0. The molecular formula is C24H29F3N2O3. The van der Waals surface area contributed by atoms with Gasteiger partial charge in [-0.2, -0.15) is 13.2 Å². The van der Waals surface area contributed by atoms with Crippen molar-refractivity contribution in [2.45, 2.75) is 37.3 Å². The summed E-state index contributed by atoms with van der Waals surface area (Å²) in [7, 11) is 0. The lowest BCUT2D eigenvalue weighted by molar-refractivity contribution is -0.138. The lowest BCUT2D eigenvalue weighted by atomic mass is 9.76. The molecule has 2 aliphatic heterocycles. The number of anilines is 1. The van der Waals surface area contributed by atoms with Crippen molar-refractivity contribution in [2.24, 2.45) is 5.92 Å². The van der Waals surface area contributed by atoms with Crippen LogP contribution in [0, 0.1) is 5.92 Å². The Labute approximate surface area is 185 Å². The first-order valence-electron chi connectivity index (χ1n) is 11.0. The summed E-state index contributed by atoms with van der Waals surface area (Å²) in [6, 6.07) is 13.9. The van der Waals surface area contributed by atoms with Crippen LogP contribution in [0.5, 0.6) is 0 Å². The molecule has 2 aromatic carbocycles. The van der Waals surface area contributed by atoms with Crippen molar-refractivity contribution in [3.63, 3.8) is 0 Å². The number of nitrogens with one attached hydrogen (secondary N) is 2. The first-order chi connectivity index (χ1) is 15.5. The van der Waals surface area contributed by atoms with E-state index in [1.54, 1.807) is 0 Å². The van der Waals surface area contributed by atoms with E-state index < -0.39 is 17.8 Å². The Morgan fingerprint density at radius 3 is 2.66 bits per heavy atom. The van der Waals surface area contributed by atoms with Crippen LogP contribution in [0.25, 0.3) is 0 Å². The van der Waals surface area contributed by atoms with Gasteiger partial charge in [-0.05, 0) is 36.6 Å². The fourth-order valence-electron chi connectivity index (χ4n) is 4.65. The SMILES string of the molecule is OCCOCCNC[C@H]1CC[C@@H]2[C@H](O1)c1cc(C(F)(F)F)ccc1N[C@H]2c1ccccc1. The number of hydrogen-bond acceptors (Lipinski definition) is 5. The van der Waals surface area contributed by atoms with Gasteiger partial charge in [0.05, 0.1) is 43.6 Å². The molecule has 0 unspecified atom stereocenters. The number of ether oxygens (including phenoxy) is 2. The fraction of sp³-hybridized carbons (Fsp3) is 0.500. The third-order valence-electron chi connectivity index (χ3n) is 6.16. The molecule has 2 aliphatic rings. The van der Waals surface area contributed by atoms with Crippen LogP contribution in [-0.4, -0.2) is 44.1 Å². The van der Waals surface area contributed by atoms with Crippen LogP contribution in [0.4, 0.5) is 18.9 Å². The van der Waals surface area contributed by atoms with Crippen LogP contribution in [0.15, 0.2) is 48.5 Å². The summed E-state index contributed by atoms with van der Waals surface area (Å²) in [6.45, 7) is 2.00. The predicted molar refractivity (Wildman–Crippen MR) is 115 cm³/mol. The zero-order chi connectivity index (χ0) is 22.6. The highest BCUT2D eigenvalue weighted by atomic mass is 19.4. The molecule has 0 spiro atoms. The summed E-state index contributed by atoms with van der Waals surface area (Å²) in [6.07, 6.45) is -3.23. The van der Waals surface area contributed by atoms with E-state index in [4.69, 9.17) is 14.6 Å². The molecule has 2 heterocycles. The van der Waals surface area contributed by atoms with Gasteiger partial charge in [0, 0.05) is 30.3 Å². The summed E-state index contributed by atoms with van der Waals surface area (Å²) in [5, 5.41) is 15.5. The molecule has 0 saturated carbocycles. The molecule has 0 bridgehead atoms. The maximum absolute atomic E-state index is 13.4. The molecule has 2 aromatic rings. The number of alkyl halides is 3. The number of hydrogen-bond donors (Lipinski definition) is 3. The molecule has 0 radical (unpaired) electrons. The van der Waals surface area contributed by atoms with Crippen molar-refractivity contribution in [3.8, 4) is 0 Å². The molecule has 4 atom stereocenters. The van der Waals surface area contributed by atoms with Crippen molar-refractivity contribution in [2.75, 3.05) is 38.2 Å². The van der Waals surface area contributed by atoms with Crippen LogP contribution in [0.1, 0.15) is 41.7 Å². The molecule has 1 fully saturated rings. The molecule has 8 heteroatoms. The average Bonchev–Trinajstić information content (AvgIpc) is 2.80. The molecule has 0 amide bonds. The molecule has 174 valence electrons. The zero-order valence-corrected chi connectivity index (χ0v) is 17.8. The highest BCUT2D eigenvalue weighted by molar-refractivity contribution is 5.58. The Hall–Kier alpha value is -2.13. The molecule has 32 heavy (non-hydrogen) atoms. The van der Waals surface area contributed by atoms with E-state index in [-0.39, 0.29) is 24.7 Å². The van der Waals surface area contributed by atoms with Crippen molar-refractivity contribution in [1.82, 2.24) is 5.32 Å². The van der Waals surface area contributed by atoms with Gasteiger partial charge in [0.25, 0.3) is 0 Å². The Morgan fingerprint density at radius 2 is 1.91 bits per heavy atom. The van der Waals surface area contributed by atoms with Gasteiger partial charge in [-0.25, -0.2) is 0 Å². The first-order valence-corrected chi connectivity index (χ1v) is 11.0. The number of halogens is 3. The second-order valence-electron chi connectivity index (χ2n) is 8.29.